The van der Waals surface area contributed by atoms with Gasteiger partial charge in [-0.3, -0.25) is 0 Å². The van der Waals surface area contributed by atoms with Crippen molar-refractivity contribution in [2.45, 2.75) is 0 Å². The topological polar surface area (TPSA) is 42.9 Å². The van der Waals surface area contributed by atoms with Gasteiger partial charge >= 0.3 is 0 Å². The third-order valence-electron chi connectivity index (χ3n) is 6.57. The predicted molar refractivity (Wildman–Crippen MR) is 158 cm³/mol. The van der Waals surface area contributed by atoms with E-state index in [9.17, 15) is 0 Å². The number of pyridine rings is 2. The van der Waals surface area contributed by atoms with Gasteiger partial charge in [-0.05, 0) is 41.5 Å². The zero-order chi connectivity index (χ0) is 25.8. The fraction of sp³-hybridized carbons (Fsp3) is 0. The van der Waals surface area contributed by atoms with E-state index in [0.717, 1.165) is 33.6 Å². The molecule has 182 valence electrons. The van der Waals surface area contributed by atoms with Gasteiger partial charge in [-0.25, -0.2) is 9.97 Å². The number of hydrogen-bond donors (Lipinski definition) is 0. The van der Waals surface area contributed by atoms with E-state index in [1.165, 1.54) is 0 Å². The van der Waals surface area contributed by atoms with Gasteiger partial charge in [-0.1, -0.05) is 121 Å². The SMILES string of the molecule is O=P(c1cccc(-c2ccccc2)c1)(c1cccc(-c2ccccc2)n1)c1cccc(-c2ccccc2)n1. The molecule has 0 unspecified atom stereocenters. The van der Waals surface area contributed by atoms with Crippen molar-refractivity contribution in [2.75, 3.05) is 0 Å². The van der Waals surface area contributed by atoms with E-state index in [1.54, 1.807) is 0 Å². The molecule has 0 aliphatic heterocycles. The fourth-order valence-electron chi connectivity index (χ4n) is 4.63. The molecule has 2 aromatic heterocycles. The highest BCUT2D eigenvalue weighted by Crippen LogP contribution is 2.42. The van der Waals surface area contributed by atoms with Crippen molar-refractivity contribution in [3.63, 3.8) is 0 Å². The smallest absolute Gasteiger partial charge is 0.206 e. The van der Waals surface area contributed by atoms with E-state index in [0.29, 0.717) is 16.2 Å². The highest BCUT2D eigenvalue weighted by atomic mass is 31.2. The Morgan fingerprint density at radius 2 is 0.816 bits per heavy atom. The summed E-state index contributed by atoms with van der Waals surface area (Å²) in [6.45, 7) is 0. The molecule has 6 rings (SSSR count). The second-order valence-corrected chi connectivity index (χ2v) is 11.7. The standard InChI is InChI=1S/C34H25N2OP/c37-38(30-20-10-19-29(25-30)26-13-4-1-5-14-26,33-23-11-21-31(35-33)27-15-6-2-7-16-27)34-24-12-22-32(36-34)28-17-8-3-9-18-28/h1-25H. The molecule has 0 N–H and O–H groups in total. The van der Waals surface area contributed by atoms with Crippen molar-refractivity contribution in [3.8, 4) is 33.6 Å². The molecule has 0 saturated carbocycles. The Bertz CT molecular complexity index is 1530. The first-order chi connectivity index (χ1) is 18.7. The fourth-order valence-corrected chi connectivity index (χ4v) is 7.10. The summed E-state index contributed by atoms with van der Waals surface area (Å²) in [6.07, 6.45) is 0. The minimum Gasteiger partial charge on any atom is -0.305 e. The van der Waals surface area contributed by atoms with E-state index in [2.05, 4.69) is 12.1 Å². The maximum absolute atomic E-state index is 15.4. The summed E-state index contributed by atoms with van der Waals surface area (Å²) >= 11 is 0. The second-order valence-electron chi connectivity index (χ2n) is 9.02. The zero-order valence-corrected chi connectivity index (χ0v) is 21.6. The Hall–Kier alpha value is -4.59. The van der Waals surface area contributed by atoms with E-state index in [1.807, 2.05) is 140 Å². The Balaban J connectivity index is 1.57. The van der Waals surface area contributed by atoms with Gasteiger partial charge in [0.1, 0.15) is 10.9 Å². The third-order valence-corrected chi connectivity index (χ3v) is 9.36. The first-order valence-corrected chi connectivity index (χ1v) is 14.2. The molecular formula is C34H25N2OP. The lowest BCUT2D eigenvalue weighted by molar-refractivity contribution is 0.591. The third kappa shape index (κ3) is 4.61. The number of aromatic nitrogens is 2. The maximum atomic E-state index is 15.4. The Morgan fingerprint density at radius 3 is 1.32 bits per heavy atom. The average molecular weight is 509 g/mol. The van der Waals surface area contributed by atoms with Crippen molar-refractivity contribution < 1.29 is 4.57 Å². The monoisotopic (exact) mass is 508 g/mol. The zero-order valence-electron chi connectivity index (χ0n) is 20.7. The summed E-state index contributed by atoms with van der Waals surface area (Å²) in [5.41, 5.74) is 6.61. The molecule has 3 nitrogen and oxygen atoms in total. The summed E-state index contributed by atoms with van der Waals surface area (Å²) in [5.74, 6) is 0. The highest BCUT2D eigenvalue weighted by molar-refractivity contribution is 7.85. The lowest BCUT2D eigenvalue weighted by Gasteiger charge is -2.20. The largest absolute Gasteiger partial charge is 0.305 e. The van der Waals surface area contributed by atoms with Gasteiger partial charge in [0.05, 0.1) is 11.4 Å². The van der Waals surface area contributed by atoms with Gasteiger partial charge in [0.25, 0.3) is 0 Å². The first kappa shape index (κ1) is 23.8. The van der Waals surface area contributed by atoms with Crippen LogP contribution in [0.4, 0.5) is 0 Å². The molecule has 0 aliphatic carbocycles. The summed E-state index contributed by atoms with van der Waals surface area (Å²) < 4.78 is 15.4. The number of hydrogen-bond acceptors (Lipinski definition) is 3. The molecule has 0 fully saturated rings. The molecule has 2 heterocycles. The van der Waals surface area contributed by atoms with Crippen molar-refractivity contribution >= 4 is 23.3 Å². The normalized spacial score (nSPS) is 11.3. The average Bonchev–Trinajstić information content (AvgIpc) is 3.02. The molecule has 0 radical (unpaired) electrons. The molecule has 4 heteroatoms. The van der Waals surface area contributed by atoms with E-state index >= 15 is 4.57 Å². The molecule has 0 aliphatic rings. The molecule has 38 heavy (non-hydrogen) atoms. The minimum atomic E-state index is -3.44. The van der Waals surface area contributed by atoms with Crippen LogP contribution in [-0.2, 0) is 4.57 Å². The quantitative estimate of drug-likeness (QED) is 0.225. The predicted octanol–water partition coefficient (Wildman–Crippen LogP) is 7.12. The van der Waals surface area contributed by atoms with Gasteiger partial charge in [-0.2, -0.15) is 0 Å². The van der Waals surface area contributed by atoms with E-state index in [-0.39, 0.29) is 0 Å². The van der Waals surface area contributed by atoms with Gasteiger partial charge in [-0.15, -0.1) is 0 Å². The van der Waals surface area contributed by atoms with Crippen LogP contribution in [0.15, 0.2) is 152 Å². The van der Waals surface area contributed by atoms with Crippen molar-refractivity contribution in [3.05, 3.63) is 152 Å². The molecule has 0 atom stereocenters. The summed E-state index contributed by atoms with van der Waals surface area (Å²) in [6, 6.07) is 49.5. The molecule has 0 spiro atoms. The van der Waals surface area contributed by atoms with E-state index < -0.39 is 7.14 Å². The highest BCUT2D eigenvalue weighted by Gasteiger charge is 2.33. The lowest BCUT2D eigenvalue weighted by Crippen LogP contribution is -2.29. The van der Waals surface area contributed by atoms with Gasteiger partial charge in [0.15, 0.2) is 0 Å². The van der Waals surface area contributed by atoms with Gasteiger partial charge in [0, 0.05) is 16.4 Å². The van der Waals surface area contributed by atoms with Crippen LogP contribution >= 0.6 is 7.14 Å². The summed E-state index contributed by atoms with van der Waals surface area (Å²) in [7, 11) is -3.44. The van der Waals surface area contributed by atoms with Crippen LogP contribution in [0.25, 0.3) is 33.6 Å². The lowest BCUT2D eigenvalue weighted by atomic mass is 10.1. The molecule has 0 bridgehead atoms. The molecule has 0 saturated heterocycles. The molecule has 4 aromatic carbocycles. The maximum Gasteiger partial charge on any atom is 0.206 e. The van der Waals surface area contributed by atoms with Crippen LogP contribution in [-0.4, -0.2) is 9.97 Å². The van der Waals surface area contributed by atoms with Crippen LogP contribution in [0.2, 0.25) is 0 Å². The Morgan fingerprint density at radius 1 is 0.395 bits per heavy atom. The number of benzene rings is 4. The molecule has 6 aromatic rings. The van der Waals surface area contributed by atoms with Crippen LogP contribution in [0.1, 0.15) is 0 Å². The summed E-state index contributed by atoms with van der Waals surface area (Å²) in [4.78, 5) is 9.94. The van der Waals surface area contributed by atoms with Crippen LogP contribution in [0.3, 0.4) is 0 Å². The number of nitrogens with zero attached hydrogens (tertiary/aromatic N) is 2. The van der Waals surface area contributed by atoms with Crippen molar-refractivity contribution in [1.82, 2.24) is 9.97 Å². The second kappa shape index (κ2) is 10.4. The summed E-state index contributed by atoms with van der Waals surface area (Å²) in [5, 5.41) is 0.703. The van der Waals surface area contributed by atoms with Crippen LogP contribution < -0.4 is 16.2 Å². The minimum absolute atomic E-state index is 0.516. The molecule has 0 amide bonds. The Kier molecular flexibility index (Phi) is 6.52. The van der Waals surface area contributed by atoms with Crippen LogP contribution in [0.5, 0.6) is 0 Å². The van der Waals surface area contributed by atoms with Crippen LogP contribution in [0, 0.1) is 0 Å². The van der Waals surface area contributed by atoms with Crippen molar-refractivity contribution in [2.24, 2.45) is 0 Å². The van der Waals surface area contributed by atoms with E-state index in [4.69, 9.17) is 9.97 Å². The molecular weight excluding hydrogens is 483 g/mol. The van der Waals surface area contributed by atoms with Gasteiger partial charge in [0.2, 0.25) is 7.14 Å². The van der Waals surface area contributed by atoms with Crippen molar-refractivity contribution in [1.29, 1.82) is 0 Å². The Labute approximate surface area is 222 Å². The van der Waals surface area contributed by atoms with Gasteiger partial charge < -0.3 is 4.57 Å². The first-order valence-electron chi connectivity index (χ1n) is 12.5. The number of rotatable bonds is 6.